The molecule has 2 unspecified atom stereocenters. The summed E-state index contributed by atoms with van der Waals surface area (Å²) in [5.41, 5.74) is 7.16. The van der Waals surface area contributed by atoms with Crippen molar-refractivity contribution in [3.8, 4) is 6.07 Å². The van der Waals surface area contributed by atoms with Crippen LogP contribution in [0.25, 0.3) is 0 Å². The predicted octanol–water partition coefficient (Wildman–Crippen LogP) is 1.49. The van der Waals surface area contributed by atoms with E-state index in [1.165, 1.54) is 0 Å². The second-order valence-corrected chi connectivity index (χ2v) is 13.1. The summed E-state index contributed by atoms with van der Waals surface area (Å²) in [4.78, 5) is 43.6. The lowest BCUT2D eigenvalue weighted by Crippen LogP contribution is -2.56. The minimum atomic E-state index is -2.12. The maximum Gasteiger partial charge on any atom is 0.241 e. The average molecular weight is 489 g/mol. The zero-order valence-electron chi connectivity index (χ0n) is 19.8. The number of nitro groups is 1. The summed E-state index contributed by atoms with van der Waals surface area (Å²) in [6.45, 7) is 3.49. The van der Waals surface area contributed by atoms with Gasteiger partial charge in [-0.25, -0.2) is 0 Å². The van der Waals surface area contributed by atoms with Gasteiger partial charge in [0.25, 0.3) is 0 Å². The highest BCUT2D eigenvalue weighted by molar-refractivity contribution is 8.27. The van der Waals surface area contributed by atoms with Gasteiger partial charge < -0.3 is 15.5 Å². The van der Waals surface area contributed by atoms with Crippen LogP contribution in [0.1, 0.15) is 37.8 Å². The molecule has 2 amide bonds. The highest BCUT2D eigenvalue weighted by atomic mass is 32.3. The Bertz CT molecular complexity index is 1030. The third-order valence-electron chi connectivity index (χ3n) is 7.48. The summed E-state index contributed by atoms with van der Waals surface area (Å²) < 4.78 is -0.220. The number of benzene rings is 1. The Balaban J connectivity index is 1.39. The number of likely N-dealkylation sites (tertiary alicyclic amines) is 3. The molecule has 2 bridgehead atoms. The van der Waals surface area contributed by atoms with E-state index in [0.717, 1.165) is 12.0 Å². The molecule has 4 rings (SSSR count). The zero-order valence-corrected chi connectivity index (χ0v) is 20.6. The first-order chi connectivity index (χ1) is 16.1. The van der Waals surface area contributed by atoms with Crippen LogP contribution in [-0.4, -0.2) is 87.2 Å². The maximum atomic E-state index is 13.2. The molecule has 3 heterocycles. The molecule has 2 N–H and O–H groups in total. The second-order valence-electron chi connectivity index (χ2n) is 9.77. The fraction of sp³-hybridized carbons (Fsp3) is 0.609. The number of nitrogens with zero attached hydrogens (tertiary/aromatic N) is 5. The van der Waals surface area contributed by atoms with Gasteiger partial charge in [-0.05, 0) is 43.9 Å². The van der Waals surface area contributed by atoms with Gasteiger partial charge in [0.2, 0.25) is 11.8 Å². The molecule has 3 saturated heterocycles. The van der Waals surface area contributed by atoms with Crippen LogP contribution < -0.4 is 5.73 Å². The molecule has 34 heavy (non-hydrogen) atoms. The van der Waals surface area contributed by atoms with E-state index in [0.29, 0.717) is 37.4 Å². The molecular weight excluding hydrogens is 456 g/mol. The summed E-state index contributed by atoms with van der Waals surface area (Å²) in [7, 11) is -2.12. The highest BCUT2D eigenvalue weighted by Crippen LogP contribution is 2.49. The van der Waals surface area contributed by atoms with Gasteiger partial charge in [0, 0.05) is 48.4 Å². The van der Waals surface area contributed by atoms with E-state index in [4.69, 9.17) is 5.73 Å². The van der Waals surface area contributed by atoms with Crippen LogP contribution >= 0.6 is 10.2 Å². The Kier molecular flexibility index (Phi) is 6.59. The molecule has 3 aliphatic heterocycles. The summed E-state index contributed by atoms with van der Waals surface area (Å²) >= 11 is 0. The van der Waals surface area contributed by atoms with Gasteiger partial charge in [-0.15, -0.1) is 0 Å². The molecular formula is C23H32N6O4S. The lowest BCUT2D eigenvalue weighted by molar-refractivity contribution is -0.295. The minimum absolute atomic E-state index is 0.0276. The van der Waals surface area contributed by atoms with Crippen molar-refractivity contribution in [2.24, 2.45) is 5.73 Å². The molecule has 0 aromatic heterocycles. The number of carbonyl (C=O) groups excluding carboxylic acids is 2. The first-order valence-electron chi connectivity index (χ1n) is 11.6. The topological polar surface area (TPSA) is 137 Å². The summed E-state index contributed by atoms with van der Waals surface area (Å²) in [6, 6.07) is 7.95. The molecule has 3 aliphatic rings. The van der Waals surface area contributed by atoms with E-state index in [2.05, 4.69) is 6.07 Å². The van der Waals surface area contributed by atoms with Gasteiger partial charge in [-0.2, -0.15) is 5.26 Å². The molecule has 0 saturated carbocycles. The third kappa shape index (κ3) is 4.15. The van der Waals surface area contributed by atoms with E-state index >= 15 is 0 Å². The van der Waals surface area contributed by atoms with Crippen LogP contribution in [0.4, 0.5) is 0 Å². The van der Waals surface area contributed by atoms with Crippen LogP contribution in [0, 0.1) is 21.4 Å². The van der Waals surface area contributed by atoms with Crippen molar-refractivity contribution in [1.82, 2.24) is 14.7 Å². The molecule has 1 aromatic rings. The summed E-state index contributed by atoms with van der Waals surface area (Å²) in [6.07, 6.45) is 5.50. The first-order valence-corrected chi connectivity index (χ1v) is 14.0. The molecule has 0 spiro atoms. The molecule has 3 fully saturated rings. The van der Waals surface area contributed by atoms with E-state index in [9.17, 15) is 25.0 Å². The Morgan fingerprint density at radius 2 is 2.03 bits per heavy atom. The quantitative estimate of drug-likeness (QED) is 0.453. The van der Waals surface area contributed by atoms with Crippen LogP contribution in [0.2, 0.25) is 0 Å². The van der Waals surface area contributed by atoms with Crippen molar-refractivity contribution in [3.63, 3.8) is 0 Å². The smallest absolute Gasteiger partial charge is 0.241 e. The molecule has 1 aromatic carbocycles. The Morgan fingerprint density at radius 3 is 2.62 bits per heavy atom. The van der Waals surface area contributed by atoms with Gasteiger partial charge in [0.05, 0.1) is 33.4 Å². The van der Waals surface area contributed by atoms with Crippen LogP contribution in [0.15, 0.2) is 29.2 Å². The van der Waals surface area contributed by atoms with Crippen LogP contribution in [0.3, 0.4) is 0 Å². The number of piperazine rings is 1. The van der Waals surface area contributed by atoms with Crippen molar-refractivity contribution >= 4 is 22.0 Å². The fourth-order valence-corrected chi connectivity index (χ4v) is 6.41. The Hall–Kier alpha value is -2.68. The van der Waals surface area contributed by atoms with Gasteiger partial charge in [0.1, 0.15) is 6.04 Å². The van der Waals surface area contributed by atoms with Crippen molar-refractivity contribution in [3.05, 3.63) is 39.9 Å². The molecule has 0 radical (unpaired) electrons. The van der Waals surface area contributed by atoms with E-state index in [1.54, 1.807) is 29.5 Å². The molecule has 184 valence electrons. The summed E-state index contributed by atoms with van der Waals surface area (Å²) in [5.74, 6) is -0.191. The van der Waals surface area contributed by atoms with Crippen molar-refractivity contribution in [2.75, 3.05) is 32.1 Å². The third-order valence-corrected chi connectivity index (χ3v) is 9.65. The maximum absolute atomic E-state index is 13.2. The number of nitrogens with two attached hydrogens (primary N) is 1. The van der Waals surface area contributed by atoms with Crippen molar-refractivity contribution in [2.45, 2.75) is 61.3 Å². The highest BCUT2D eigenvalue weighted by Gasteiger charge is 2.51. The predicted molar refractivity (Wildman–Crippen MR) is 128 cm³/mol. The Labute approximate surface area is 201 Å². The molecule has 5 atom stereocenters. The zero-order chi connectivity index (χ0) is 24.8. The normalized spacial score (nSPS) is 27.0. The van der Waals surface area contributed by atoms with Gasteiger partial charge in [-0.3, -0.25) is 24.6 Å². The number of hydrogen-bond acceptors (Lipinski definition) is 7. The van der Waals surface area contributed by atoms with Crippen LogP contribution in [-0.2, 0) is 9.59 Å². The number of fused-ring (bicyclic) bond motifs is 2. The first kappa shape index (κ1) is 24.4. The second kappa shape index (κ2) is 9.17. The van der Waals surface area contributed by atoms with E-state index in [1.807, 2.05) is 28.9 Å². The van der Waals surface area contributed by atoms with Gasteiger partial charge >= 0.3 is 0 Å². The van der Waals surface area contributed by atoms with Gasteiger partial charge in [0.15, 0.2) is 0 Å². The standard InChI is InChI=1S/C23H32N6O4S/c1-15(16-6-8-19(9-7-16)34(2,3)29(32)33)28-18-11-21(23(28)31)26(13-18)14-20(25)22(30)27-10-4-5-17(27)12-24/h6-9,15,17-18,20-21H,4-5,10-11,13-14,25H2,1-3H3/t15?,17-,18?,20-,21-/m0/s1. The van der Waals surface area contributed by atoms with Crippen molar-refractivity contribution < 1.29 is 13.9 Å². The summed E-state index contributed by atoms with van der Waals surface area (Å²) in [5, 5.41) is 20.6. The lowest BCUT2D eigenvalue weighted by Gasteiger charge is -2.38. The SMILES string of the molecule is CC(c1ccc(S(C)(C)[N+](=O)[O-])cc1)N1C(=O)[C@@H]2CC1CN2C[C@H](N)C(=O)N1CCC[C@H]1C#N. The minimum Gasteiger partial charge on any atom is -0.330 e. The van der Waals surface area contributed by atoms with Gasteiger partial charge in [-0.1, -0.05) is 12.1 Å². The van der Waals surface area contributed by atoms with Crippen molar-refractivity contribution in [1.29, 1.82) is 5.26 Å². The van der Waals surface area contributed by atoms with E-state index < -0.39 is 22.3 Å². The lowest BCUT2D eigenvalue weighted by atomic mass is 10.1. The number of rotatable bonds is 7. The number of carbonyl (C=O) groups is 2. The van der Waals surface area contributed by atoms with Crippen LogP contribution in [0.5, 0.6) is 0 Å². The molecule has 11 heteroatoms. The molecule has 10 nitrogen and oxygen atoms in total. The Morgan fingerprint density at radius 1 is 1.35 bits per heavy atom. The largest absolute Gasteiger partial charge is 0.330 e. The number of amides is 2. The monoisotopic (exact) mass is 488 g/mol. The number of nitriles is 1. The average Bonchev–Trinajstić information content (AvgIpc) is 3.52. The molecule has 0 aliphatic carbocycles. The fourth-order valence-electron chi connectivity index (χ4n) is 5.43. The van der Waals surface area contributed by atoms with E-state index in [-0.39, 0.29) is 34.3 Å². The number of hydrogen-bond donors (Lipinski definition) is 1.